The molecule has 0 aliphatic carbocycles. The Labute approximate surface area is 193 Å². The van der Waals surface area contributed by atoms with Crippen molar-refractivity contribution in [1.29, 1.82) is 0 Å². The van der Waals surface area contributed by atoms with Crippen LogP contribution in [-0.4, -0.2) is 28.9 Å². The molecule has 1 aliphatic rings. The molecule has 0 saturated carbocycles. The Morgan fingerprint density at radius 3 is 2.18 bits per heavy atom. The van der Waals surface area contributed by atoms with Gasteiger partial charge in [-0.25, -0.2) is 0 Å². The molecule has 0 spiro atoms. The summed E-state index contributed by atoms with van der Waals surface area (Å²) in [6.07, 6.45) is 3.44. The van der Waals surface area contributed by atoms with Gasteiger partial charge < -0.3 is 9.84 Å². The highest BCUT2D eigenvalue weighted by atomic mass is 16.5. The molecule has 0 bridgehead atoms. The van der Waals surface area contributed by atoms with Gasteiger partial charge in [-0.15, -0.1) is 0 Å². The third-order valence-electron chi connectivity index (χ3n) is 5.73. The minimum atomic E-state index is -0.813. The molecule has 1 unspecified atom stereocenters. The van der Waals surface area contributed by atoms with Gasteiger partial charge in [0.1, 0.15) is 5.75 Å². The number of nitrogens with zero attached hydrogens (tertiary/aromatic N) is 2. The number of Topliss-reactive ketones (excluding diaryl/α,β-unsaturated/α-hetero) is 1. The highest BCUT2D eigenvalue weighted by Gasteiger charge is 2.47. The summed E-state index contributed by atoms with van der Waals surface area (Å²) in [5.41, 5.74) is 2.45. The number of methoxy groups -OCH3 is 1. The maximum Gasteiger partial charge on any atom is 0.294 e. The topological polar surface area (TPSA) is 79.7 Å². The Kier molecular flexibility index (Phi) is 5.77. The minimum Gasteiger partial charge on any atom is -0.503 e. The molecule has 33 heavy (non-hydrogen) atoms. The largest absolute Gasteiger partial charge is 0.503 e. The summed E-state index contributed by atoms with van der Waals surface area (Å²) in [5.74, 6) is -0.901. The number of carbonyl (C=O) groups is 2. The molecule has 1 amide bonds. The lowest BCUT2D eigenvalue weighted by atomic mass is 9.82. The number of aliphatic hydroxyl groups excluding tert-OH is 1. The fourth-order valence-corrected chi connectivity index (χ4v) is 4.05. The van der Waals surface area contributed by atoms with Crippen LogP contribution < -0.4 is 9.64 Å². The van der Waals surface area contributed by atoms with Crippen molar-refractivity contribution in [1.82, 2.24) is 4.98 Å². The second-order valence-electron chi connectivity index (χ2n) is 8.94. The summed E-state index contributed by atoms with van der Waals surface area (Å²) in [5, 5.41) is 10.9. The maximum absolute atomic E-state index is 13.4. The van der Waals surface area contributed by atoms with Gasteiger partial charge in [-0.05, 0) is 41.5 Å². The van der Waals surface area contributed by atoms with Crippen LogP contribution in [0, 0.1) is 5.41 Å². The van der Waals surface area contributed by atoms with E-state index in [-0.39, 0.29) is 11.4 Å². The first-order chi connectivity index (χ1) is 15.7. The quantitative estimate of drug-likeness (QED) is 0.582. The average Bonchev–Trinajstić information content (AvgIpc) is 3.08. The number of pyridine rings is 1. The molecular weight excluding hydrogens is 416 g/mol. The van der Waals surface area contributed by atoms with Gasteiger partial charge in [-0.2, -0.15) is 0 Å². The predicted octanol–water partition coefficient (Wildman–Crippen LogP) is 5.27. The number of hydrogen-bond acceptors (Lipinski definition) is 5. The van der Waals surface area contributed by atoms with Crippen molar-refractivity contribution in [3.05, 3.63) is 90.0 Å². The summed E-state index contributed by atoms with van der Waals surface area (Å²) in [6.45, 7) is 5.31. The van der Waals surface area contributed by atoms with E-state index in [9.17, 15) is 14.7 Å². The van der Waals surface area contributed by atoms with Crippen LogP contribution in [-0.2, 0) is 9.59 Å². The zero-order valence-corrected chi connectivity index (χ0v) is 19.1. The number of rotatable bonds is 5. The van der Waals surface area contributed by atoms with Crippen molar-refractivity contribution in [3.8, 4) is 16.9 Å². The molecule has 1 aromatic heterocycles. The molecule has 1 aliphatic heterocycles. The number of ether oxygens (including phenoxy) is 1. The smallest absolute Gasteiger partial charge is 0.294 e. The number of carbonyl (C=O) groups excluding carboxylic acids is 2. The van der Waals surface area contributed by atoms with Gasteiger partial charge in [0.2, 0.25) is 0 Å². The Bertz CT molecular complexity index is 1220. The third-order valence-corrected chi connectivity index (χ3v) is 5.73. The van der Waals surface area contributed by atoms with Gasteiger partial charge in [0.15, 0.2) is 11.5 Å². The van der Waals surface area contributed by atoms with E-state index in [1.165, 1.54) is 12.0 Å². The van der Waals surface area contributed by atoms with Crippen LogP contribution in [0.1, 0.15) is 32.4 Å². The fraction of sp³-hybridized carbons (Fsp3) is 0.222. The molecule has 3 aromatic rings. The van der Waals surface area contributed by atoms with Gasteiger partial charge in [0.25, 0.3) is 5.91 Å². The number of amides is 1. The van der Waals surface area contributed by atoms with Gasteiger partial charge in [-0.1, -0.05) is 51.1 Å². The third kappa shape index (κ3) is 4.00. The van der Waals surface area contributed by atoms with Crippen LogP contribution in [0.5, 0.6) is 5.75 Å². The SMILES string of the molecule is COc1ccccc1C1C(C(=O)C(C)(C)C)=C(O)C(=O)N1c1ccc(-c2ccncc2)cc1. The lowest BCUT2D eigenvalue weighted by molar-refractivity contribution is -0.123. The minimum absolute atomic E-state index is 0.0789. The second-order valence-corrected chi connectivity index (χ2v) is 8.94. The Balaban J connectivity index is 1.85. The van der Waals surface area contributed by atoms with E-state index in [4.69, 9.17) is 4.74 Å². The summed E-state index contributed by atoms with van der Waals surface area (Å²) in [6, 6.07) is 17.7. The van der Waals surface area contributed by atoms with Gasteiger partial charge >= 0.3 is 0 Å². The molecular formula is C27H26N2O4. The van der Waals surface area contributed by atoms with Crippen LogP contribution >= 0.6 is 0 Å². The first kappa shape index (κ1) is 22.3. The highest BCUT2D eigenvalue weighted by Crippen LogP contribution is 2.46. The van der Waals surface area contributed by atoms with Crippen LogP contribution in [0.25, 0.3) is 11.1 Å². The van der Waals surface area contributed by atoms with Crippen molar-refractivity contribution in [2.24, 2.45) is 5.41 Å². The summed E-state index contributed by atoms with van der Waals surface area (Å²) >= 11 is 0. The van der Waals surface area contributed by atoms with Gasteiger partial charge in [0.05, 0.1) is 18.7 Å². The van der Waals surface area contributed by atoms with E-state index in [2.05, 4.69) is 4.98 Å². The van der Waals surface area contributed by atoms with Gasteiger partial charge in [-0.3, -0.25) is 19.5 Å². The lowest BCUT2D eigenvalue weighted by Gasteiger charge is -2.30. The van der Waals surface area contributed by atoms with E-state index in [1.807, 2.05) is 54.6 Å². The predicted molar refractivity (Wildman–Crippen MR) is 127 cm³/mol. The molecule has 1 atom stereocenters. The standard InChI is InChI=1S/C27H26N2O4/c1-27(2,3)25(31)22-23(20-7-5-6-8-21(20)33-4)29(26(32)24(22)30)19-11-9-17(10-12-19)18-13-15-28-16-14-18/h5-16,23,30H,1-4H3. The molecule has 0 saturated heterocycles. The van der Waals surface area contributed by atoms with Crippen LogP contribution in [0.2, 0.25) is 0 Å². The zero-order chi connectivity index (χ0) is 23.8. The monoisotopic (exact) mass is 442 g/mol. The second kappa shape index (κ2) is 8.54. The van der Waals surface area contributed by atoms with Crippen molar-refractivity contribution < 1.29 is 19.4 Å². The van der Waals surface area contributed by atoms with Crippen LogP contribution in [0.15, 0.2) is 84.4 Å². The number of para-hydroxylation sites is 1. The van der Waals surface area contributed by atoms with E-state index in [0.29, 0.717) is 17.0 Å². The molecule has 6 heteroatoms. The highest BCUT2D eigenvalue weighted by molar-refractivity contribution is 6.17. The molecule has 6 nitrogen and oxygen atoms in total. The average molecular weight is 443 g/mol. The molecule has 2 heterocycles. The Hall–Kier alpha value is -3.93. The Morgan fingerprint density at radius 1 is 0.970 bits per heavy atom. The number of hydrogen-bond donors (Lipinski definition) is 1. The number of benzene rings is 2. The van der Waals surface area contributed by atoms with Crippen molar-refractivity contribution in [2.75, 3.05) is 12.0 Å². The van der Waals surface area contributed by atoms with Crippen molar-refractivity contribution in [3.63, 3.8) is 0 Å². The maximum atomic E-state index is 13.4. The molecule has 0 fully saturated rings. The molecule has 1 N–H and O–H groups in total. The summed E-state index contributed by atoms with van der Waals surface area (Å²) in [4.78, 5) is 32.2. The van der Waals surface area contributed by atoms with Gasteiger partial charge in [0, 0.05) is 29.1 Å². The molecule has 168 valence electrons. The summed E-state index contributed by atoms with van der Waals surface area (Å²) in [7, 11) is 1.54. The summed E-state index contributed by atoms with van der Waals surface area (Å²) < 4.78 is 5.54. The van der Waals surface area contributed by atoms with Crippen LogP contribution in [0.4, 0.5) is 5.69 Å². The van der Waals surface area contributed by atoms with Crippen molar-refractivity contribution >= 4 is 17.4 Å². The van der Waals surface area contributed by atoms with E-state index in [0.717, 1.165) is 11.1 Å². The fourth-order valence-electron chi connectivity index (χ4n) is 4.05. The lowest BCUT2D eigenvalue weighted by Crippen LogP contribution is -2.33. The van der Waals surface area contributed by atoms with Crippen LogP contribution in [0.3, 0.4) is 0 Å². The van der Waals surface area contributed by atoms with E-state index in [1.54, 1.807) is 39.2 Å². The molecule has 0 radical (unpaired) electrons. The van der Waals surface area contributed by atoms with E-state index >= 15 is 0 Å². The normalized spacial score (nSPS) is 16.3. The molecule has 4 rings (SSSR count). The number of aromatic nitrogens is 1. The molecule has 2 aromatic carbocycles. The van der Waals surface area contributed by atoms with E-state index < -0.39 is 23.1 Å². The first-order valence-electron chi connectivity index (χ1n) is 10.7. The first-order valence-corrected chi connectivity index (χ1v) is 10.7. The zero-order valence-electron chi connectivity index (χ0n) is 19.1. The van der Waals surface area contributed by atoms with Crippen molar-refractivity contribution in [2.45, 2.75) is 26.8 Å². The number of aliphatic hydroxyl groups is 1. The Morgan fingerprint density at radius 2 is 1.58 bits per heavy atom. The number of ketones is 1. The number of anilines is 1.